The highest BCUT2D eigenvalue weighted by molar-refractivity contribution is 6.05. The lowest BCUT2D eigenvalue weighted by molar-refractivity contribution is 0.100. The van der Waals surface area contributed by atoms with Crippen molar-refractivity contribution in [2.75, 3.05) is 5.32 Å². The van der Waals surface area contributed by atoms with E-state index in [1.54, 1.807) is 6.07 Å². The zero-order valence-electron chi connectivity index (χ0n) is 13.2. The minimum atomic E-state index is -0.804. The number of benzene rings is 2. The number of Topliss-reactive ketones (excluding diaryl/α,β-unsaturated/α-hetero) is 1. The summed E-state index contributed by atoms with van der Waals surface area (Å²) in [5.74, 6) is -2.00. The fourth-order valence-electron chi connectivity index (χ4n) is 2.31. The van der Waals surface area contributed by atoms with Gasteiger partial charge < -0.3 is 5.32 Å². The van der Waals surface area contributed by atoms with Gasteiger partial charge in [-0.3, -0.25) is 9.59 Å². The van der Waals surface area contributed by atoms with E-state index in [4.69, 9.17) is 0 Å². The van der Waals surface area contributed by atoms with Gasteiger partial charge in [-0.05, 0) is 37.3 Å². The molecule has 3 rings (SSSR count). The lowest BCUT2D eigenvalue weighted by atomic mass is 10.1. The van der Waals surface area contributed by atoms with Gasteiger partial charge in [0.25, 0.3) is 5.91 Å². The monoisotopic (exact) mass is 341 g/mol. The van der Waals surface area contributed by atoms with Crippen molar-refractivity contribution in [1.82, 2.24) is 9.78 Å². The van der Waals surface area contributed by atoms with Crippen LogP contribution in [-0.4, -0.2) is 21.5 Å². The highest BCUT2D eigenvalue weighted by Crippen LogP contribution is 2.18. The molecule has 0 unspecified atom stereocenters. The molecule has 0 radical (unpaired) electrons. The molecule has 0 aliphatic carbocycles. The first-order valence-electron chi connectivity index (χ1n) is 7.37. The summed E-state index contributed by atoms with van der Waals surface area (Å²) < 4.78 is 28.8. The molecule has 1 aromatic heterocycles. The van der Waals surface area contributed by atoms with Crippen LogP contribution < -0.4 is 5.32 Å². The van der Waals surface area contributed by atoms with Crippen LogP contribution in [0.25, 0.3) is 5.69 Å². The van der Waals surface area contributed by atoms with E-state index in [1.807, 2.05) is 0 Å². The van der Waals surface area contributed by atoms with Crippen molar-refractivity contribution in [1.29, 1.82) is 0 Å². The van der Waals surface area contributed by atoms with Gasteiger partial charge in [0.1, 0.15) is 17.5 Å². The second kappa shape index (κ2) is 6.64. The summed E-state index contributed by atoms with van der Waals surface area (Å²) in [6.07, 6.45) is 1.43. The smallest absolute Gasteiger partial charge is 0.259 e. The zero-order chi connectivity index (χ0) is 18.0. The number of rotatable bonds is 4. The van der Waals surface area contributed by atoms with Gasteiger partial charge >= 0.3 is 0 Å². The number of carbonyl (C=O) groups is 2. The molecule has 0 aliphatic rings. The van der Waals surface area contributed by atoms with Crippen molar-refractivity contribution in [2.45, 2.75) is 6.92 Å². The van der Waals surface area contributed by atoms with Crippen LogP contribution >= 0.6 is 0 Å². The highest BCUT2D eigenvalue weighted by atomic mass is 19.1. The Labute approximate surface area is 141 Å². The van der Waals surface area contributed by atoms with Crippen molar-refractivity contribution in [3.8, 4) is 5.69 Å². The maximum absolute atomic E-state index is 14.1. The molecule has 0 fully saturated rings. The number of halogens is 2. The molecule has 0 saturated carbocycles. The van der Waals surface area contributed by atoms with Gasteiger partial charge in [0.15, 0.2) is 5.78 Å². The molecule has 0 bridgehead atoms. The van der Waals surface area contributed by atoms with Crippen LogP contribution in [0.2, 0.25) is 0 Å². The summed E-state index contributed by atoms with van der Waals surface area (Å²) in [5.41, 5.74) is 0.378. The van der Waals surface area contributed by atoms with E-state index in [2.05, 4.69) is 10.4 Å². The fraction of sp³-hybridized carbons (Fsp3) is 0.0556. The van der Waals surface area contributed by atoms with Crippen LogP contribution in [0.1, 0.15) is 27.6 Å². The molecule has 5 nitrogen and oxygen atoms in total. The summed E-state index contributed by atoms with van der Waals surface area (Å²) in [5, 5.41) is 6.56. The predicted molar refractivity (Wildman–Crippen MR) is 87.9 cm³/mol. The normalized spacial score (nSPS) is 10.5. The van der Waals surface area contributed by atoms with Crippen molar-refractivity contribution in [3.05, 3.63) is 77.5 Å². The Hall–Kier alpha value is -3.35. The molecule has 0 atom stereocenters. The van der Waals surface area contributed by atoms with Crippen LogP contribution in [0.3, 0.4) is 0 Å². The minimum absolute atomic E-state index is 0.179. The van der Waals surface area contributed by atoms with E-state index in [1.165, 1.54) is 54.2 Å². The van der Waals surface area contributed by atoms with Crippen molar-refractivity contribution in [3.63, 3.8) is 0 Å². The first-order chi connectivity index (χ1) is 12.0. The molecule has 3 aromatic rings. The maximum Gasteiger partial charge on any atom is 0.259 e. The Kier molecular flexibility index (Phi) is 4.38. The molecule has 0 spiro atoms. The quantitative estimate of drug-likeness (QED) is 0.738. The van der Waals surface area contributed by atoms with Gasteiger partial charge in [0, 0.05) is 11.6 Å². The summed E-state index contributed by atoms with van der Waals surface area (Å²) in [7, 11) is 0. The van der Waals surface area contributed by atoms with E-state index in [-0.39, 0.29) is 22.7 Å². The van der Waals surface area contributed by atoms with Crippen molar-refractivity contribution < 1.29 is 18.4 Å². The number of nitrogens with one attached hydrogen (secondary N) is 1. The molecule has 7 heteroatoms. The van der Waals surface area contributed by atoms with E-state index < -0.39 is 17.5 Å². The number of nitrogens with zero attached hydrogens (tertiary/aromatic N) is 2. The third kappa shape index (κ3) is 3.45. The first-order valence-corrected chi connectivity index (χ1v) is 7.37. The topological polar surface area (TPSA) is 64.0 Å². The largest absolute Gasteiger partial charge is 0.306 e. The lowest BCUT2D eigenvalue weighted by Gasteiger charge is -2.10. The summed E-state index contributed by atoms with van der Waals surface area (Å²) in [4.78, 5) is 23.6. The molecule has 1 amide bonds. The third-order valence-electron chi connectivity index (χ3n) is 3.56. The molecule has 1 N–H and O–H groups in total. The van der Waals surface area contributed by atoms with Gasteiger partial charge in [-0.25, -0.2) is 13.5 Å². The molecule has 2 aromatic carbocycles. The molecular formula is C18H13F2N3O2. The first kappa shape index (κ1) is 16.5. The standard InChI is InChI=1S/C18H13F2N3O2/c1-11(24)12-5-6-15(16(20)9-12)18(25)22-17-7-8-21-23(17)14-4-2-3-13(19)10-14/h2-10H,1H3,(H,22,25). The number of amides is 1. The Balaban J connectivity index is 1.88. The Morgan fingerprint density at radius 3 is 2.56 bits per heavy atom. The number of hydrogen-bond acceptors (Lipinski definition) is 3. The molecule has 0 aliphatic heterocycles. The van der Waals surface area contributed by atoms with Crippen LogP contribution in [0.15, 0.2) is 54.7 Å². The number of ketones is 1. The number of carbonyl (C=O) groups excluding carboxylic acids is 2. The molecular weight excluding hydrogens is 328 g/mol. The minimum Gasteiger partial charge on any atom is -0.306 e. The van der Waals surface area contributed by atoms with E-state index in [0.29, 0.717) is 5.69 Å². The Morgan fingerprint density at radius 1 is 1.08 bits per heavy atom. The van der Waals surface area contributed by atoms with E-state index in [0.717, 1.165) is 6.07 Å². The van der Waals surface area contributed by atoms with Gasteiger partial charge in [-0.15, -0.1) is 0 Å². The van der Waals surface area contributed by atoms with Crippen LogP contribution in [0.4, 0.5) is 14.6 Å². The number of hydrogen-bond donors (Lipinski definition) is 1. The second-order valence-electron chi connectivity index (χ2n) is 5.31. The summed E-state index contributed by atoms with van der Waals surface area (Å²) >= 11 is 0. The molecule has 126 valence electrons. The third-order valence-corrected chi connectivity index (χ3v) is 3.56. The maximum atomic E-state index is 14.1. The average Bonchev–Trinajstić information content (AvgIpc) is 3.02. The zero-order valence-corrected chi connectivity index (χ0v) is 13.2. The Morgan fingerprint density at radius 2 is 1.88 bits per heavy atom. The lowest BCUT2D eigenvalue weighted by Crippen LogP contribution is -2.17. The Bertz CT molecular complexity index is 966. The second-order valence-corrected chi connectivity index (χ2v) is 5.31. The van der Waals surface area contributed by atoms with Crippen molar-refractivity contribution >= 4 is 17.5 Å². The fourth-order valence-corrected chi connectivity index (χ4v) is 2.31. The van der Waals surface area contributed by atoms with Gasteiger partial charge in [-0.1, -0.05) is 12.1 Å². The van der Waals surface area contributed by atoms with Crippen LogP contribution in [0.5, 0.6) is 0 Å². The number of aromatic nitrogens is 2. The SMILES string of the molecule is CC(=O)c1ccc(C(=O)Nc2ccnn2-c2cccc(F)c2)c(F)c1. The summed E-state index contributed by atoms with van der Waals surface area (Å²) in [6.45, 7) is 1.31. The van der Waals surface area contributed by atoms with Crippen LogP contribution in [0, 0.1) is 11.6 Å². The molecule has 0 saturated heterocycles. The van der Waals surface area contributed by atoms with E-state index >= 15 is 0 Å². The van der Waals surface area contributed by atoms with Crippen molar-refractivity contribution in [2.24, 2.45) is 0 Å². The predicted octanol–water partition coefficient (Wildman–Crippen LogP) is 3.61. The average molecular weight is 341 g/mol. The van der Waals surface area contributed by atoms with E-state index in [9.17, 15) is 18.4 Å². The molecule has 25 heavy (non-hydrogen) atoms. The van der Waals surface area contributed by atoms with Gasteiger partial charge in [-0.2, -0.15) is 5.10 Å². The van der Waals surface area contributed by atoms with Crippen LogP contribution in [-0.2, 0) is 0 Å². The van der Waals surface area contributed by atoms with Gasteiger partial charge in [0.2, 0.25) is 0 Å². The highest BCUT2D eigenvalue weighted by Gasteiger charge is 2.16. The van der Waals surface area contributed by atoms with Gasteiger partial charge in [0.05, 0.1) is 17.4 Å². The summed E-state index contributed by atoms with van der Waals surface area (Å²) in [6, 6.07) is 10.8. The molecule has 1 heterocycles. The number of anilines is 1.